The Balaban J connectivity index is 0. The third-order valence-electron chi connectivity index (χ3n) is 0.558. The minimum atomic E-state index is -3.67. The summed E-state index contributed by atoms with van der Waals surface area (Å²) in [5.74, 6) is 0. The van der Waals surface area contributed by atoms with Gasteiger partial charge < -0.3 is 0 Å². The van der Waals surface area contributed by atoms with Crippen molar-refractivity contribution in [2.45, 2.75) is 30.9 Å². The van der Waals surface area contributed by atoms with Gasteiger partial charge in [0.1, 0.15) is 0 Å². The van der Waals surface area contributed by atoms with E-state index < -0.39 is 6.68 Å². The molecular formula is C5H11F3Sn. The second-order valence-corrected chi connectivity index (χ2v) is 3.04. The van der Waals surface area contributed by atoms with Crippen molar-refractivity contribution in [3.8, 4) is 0 Å². The van der Waals surface area contributed by atoms with Crippen molar-refractivity contribution in [3.63, 3.8) is 0 Å². The average Bonchev–Trinajstić information content (AvgIpc) is 1.66. The zero-order valence-electron chi connectivity index (χ0n) is 5.41. The summed E-state index contributed by atoms with van der Waals surface area (Å²) in [4.78, 5) is 0. The van der Waals surface area contributed by atoms with Crippen molar-refractivity contribution in [2.75, 3.05) is 0 Å². The number of unbranched alkanes of at least 4 members (excludes halogenated alkanes) is 1. The molecule has 0 aliphatic rings. The second-order valence-electron chi connectivity index (χ2n) is 1.39. The van der Waals surface area contributed by atoms with E-state index in [1.54, 1.807) is 0 Å². The van der Waals surface area contributed by atoms with E-state index in [0.717, 1.165) is 0 Å². The fourth-order valence-electron chi connectivity index (χ4n) is 0.204. The Morgan fingerprint density at radius 2 is 1.67 bits per heavy atom. The van der Waals surface area contributed by atoms with Crippen LogP contribution in [0.15, 0.2) is 0 Å². The fraction of sp³-hybridized carbons (Fsp3) is 1.00. The molecule has 56 valence electrons. The van der Waals surface area contributed by atoms with Crippen molar-refractivity contribution in [3.05, 3.63) is 0 Å². The van der Waals surface area contributed by atoms with E-state index in [2.05, 4.69) is 6.92 Å². The standard InChI is InChI=1S/C4H9.CHF3.Sn.H/c1-3-4-2;2-1(3)4;;/h1,3-4H2,2H3;1H;;. The molecule has 0 spiro atoms. The molecule has 0 heterocycles. The van der Waals surface area contributed by atoms with Crippen LogP contribution in [0.25, 0.3) is 0 Å². The number of hydrogen-bond donors (Lipinski definition) is 0. The first-order valence-corrected chi connectivity index (χ1v) is 5.10. The molecule has 0 saturated carbocycles. The van der Waals surface area contributed by atoms with E-state index in [4.69, 9.17) is 0 Å². The molecule has 0 fully saturated rings. The first kappa shape index (κ1) is 12.3. The summed E-state index contributed by atoms with van der Waals surface area (Å²) in [5, 5.41) is 0. The van der Waals surface area contributed by atoms with Crippen LogP contribution >= 0.6 is 0 Å². The third-order valence-corrected chi connectivity index (χ3v) is 1.72. The van der Waals surface area contributed by atoms with Crippen LogP contribution in [-0.2, 0) is 0 Å². The Kier molecular flexibility index (Phi) is 15.5. The molecule has 0 aromatic heterocycles. The first-order chi connectivity index (χ1) is 4.15. The maximum absolute atomic E-state index is 9.67. The van der Waals surface area contributed by atoms with Crippen LogP contribution in [0.2, 0.25) is 4.44 Å². The Labute approximate surface area is 66.9 Å². The molecule has 2 radical (unpaired) electrons. The Morgan fingerprint density at radius 3 is 1.67 bits per heavy atom. The Morgan fingerprint density at radius 1 is 1.33 bits per heavy atom. The SMILES string of the molecule is CCC[CH2][SnH].FC(F)F. The van der Waals surface area contributed by atoms with Gasteiger partial charge in [0.2, 0.25) is 0 Å². The molecule has 9 heavy (non-hydrogen) atoms. The van der Waals surface area contributed by atoms with Crippen LogP contribution in [0, 0.1) is 0 Å². The number of hydrogen-bond acceptors (Lipinski definition) is 0. The molecule has 0 nitrogen and oxygen atoms in total. The second kappa shape index (κ2) is 11.4. The van der Waals surface area contributed by atoms with Gasteiger partial charge in [-0.15, -0.1) is 0 Å². The van der Waals surface area contributed by atoms with Gasteiger partial charge in [-0.05, 0) is 0 Å². The summed E-state index contributed by atoms with van der Waals surface area (Å²) in [7, 11) is 0. The topological polar surface area (TPSA) is 0 Å². The molecule has 4 heteroatoms. The van der Waals surface area contributed by atoms with Crippen molar-refractivity contribution < 1.29 is 13.2 Å². The summed E-state index contributed by atoms with van der Waals surface area (Å²) in [6.45, 7) is -1.43. The van der Waals surface area contributed by atoms with E-state index in [-0.39, 0.29) is 0 Å². The smallest absolute Gasteiger partial charge is 0.174 e. The van der Waals surface area contributed by atoms with E-state index in [1.165, 1.54) is 39.8 Å². The summed E-state index contributed by atoms with van der Waals surface area (Å²) >= 11 is 1.45. The summed E-state index contributed by atoms with van der Waals surface area (Å²) in [6.07, 6.45) is 2.82. The largest absolute Gasteiger partial charge is 0.379 e. The van der Waals surface area contributed by atoms with E-state index >= 15 is 0 Å². The predicted molar refractivity (Wildman–Crippen MR) is 34.0 cm³/mol. The zero-order valence-corrected chi connectivity index (χ0v) is 8.71. The molecule has 0 aromatic rings. The molecule has 0 bridgehead atoms. The van der Waals surface area contributed by atoms with Gasteiger partial charge in [-0.25, -0.2) is 0 Å². The summed E-state index contributed by atoms with van der Waals surface area (Å²) in [6, 6.07) is 0. The van der Waals surface area contributed by atoms with Crippen LogP contribution in [0.3, 0.4) is 0 Å². The Bertz CT molecular complexity index is 36.4. The van der Waals surface area contributed by atoms with Crippen LogP contribution in [0.4, 0.5) is 13.2 Å². The molecule has 0 rings (SSSR count). The van der Waals surface area contributed by atoms with Gasteiger partial charge in [-0.3, -0.25) is 0 Å². The molecule has 0 amide bonds. The molecule has 0 aromatic carbocycles. The molecular weight excluding hydrogens is 236 g/mol. The van der Waals surface area contributed by atoms with Crippen molar-refractivity contribution >= 4 is 22.5 Å². The van der Waals surface area contributed by atoms with Crippen LogP contribution in [0.1, 0.15) is 19.8 Å². The average molecular weight is 247 g/mol. The molecule has 0 aliphatic heterocycles. The maximum atomic E-state index is 9.67. The molecule has 0 unspecified atom stereocenters. The summed E-state index contributed by atoms with van der Waals surface area (Å²) < 4.78 is 30.5. The van der Waals surface area contributed by atoms with Crippen molar-refractivity contribution in [1.29, 1.82) is 0 Å². The monoisotopic (exact) mass is 248 g/mol. The Hall–Kier alpha value is 0.589. The van der Waals surface area contributed by atoms with Crippen LogP contribution in [-0.4, -0.2) is 29.2 Å². The van der Waals surface area contributed by atoms with Gasteiger partial charge in [0.05, 0.1) is 0 Å². The minimum Gasteiger partial charge on any atom is -0.174 e. The quantitative estimate of drug-likeness (QED) is 0.656. The fourth-order valence-corrected chi connectivity index (χ4v) is 1.37. The number of halogens is 3. The predicted octanol–water partition coefficient (Wildman–Crippen LogP) is 2.28. The molecule has 0 aliphatic carbocycles. The van der Waals surface area contributed by atoms with E-state index in [0.29, 0.717) is 0 Å². The van der Waals surface area contributed by atoms with Crippen LogP contribution in [0.5, 0.6) is 0 Å². The van der Waals surface area contributed by atoms with Gasteiger partial charge in [0.15, 0.2) is 0 Å². The van der Waals surface area contributed by atoms with Crippen LogP contribution < -0.4 is 0 Å². The van der Waals surface area contributed by atoms with E-state index in [9.17, 15) is 13.2 Å². The van der Waals surface area contributed by atoms with Gasteiger partial charge in [-0.1, -0.05) is 0 Å². The zero-order chi connectivity index (χ0) is 7.70. The molecule has 0 saturated heterocycles. The third kappa shape index (κ3) is 55.6. The van der Waals surface area contributed by atoms with Crippen molar-refractivity contribution in [2.24, 2.45) is 0 Å². The minimum absolute atomic E-state index is 1.38. The maximum Gasteiger partial charge on any atom is 0.379 e. The van der Waals surface area contributed by atoms with Crippen molar-refractivity contribution in [1.82, 2.24) is 0 Å². The number of rotatable bonds is 2. The van der Waals surface area contributed by atoms with Gasteiger partial charge in [0, 0.05) is 0 Å². The molecule has 0 atom stereocenters. The van der Waals surface area contributed by atoms with Gasteiger partial charge >= 0.3 is 53.4 Å². The van der Waals surface area contributed by atoms with E-state index in [1.807, 2.05) is 0 Å². The number of alkyl halides is 3. The first-order valence-electron chi connectivity index (χ1n) is 2.77. The van der Waals surface area contributed by atoms with Gasteiger partial charge in [-0.2, -0.15) is 13.2 Å². The normalized spacial score (nSPS) is 8.67. The molecule has 0 N–H and O–H groups in total. The summed E-state index contributed by atoms with van der Waals surface area (Å²) in [5.41, 5.74) is 0. The van der Waals surface area contributed by atoms with Gasteiger partial charge in [0.25, 0.3) is 0 Å².